The van der Waals surface area contributed by atoms with Crippen LogP contribution in [-0.4, -0.2) is 9.67 Å². The second kappa shape index (κ2) is 5.09. The van der Waals surface area contributed by atoms with Crippen molar-refractivity contribution in [3.8, 4) is 0 Å². The summed E-state index contributed by atoms with van der Waals surface area (Å²) in [7, 11) is 0. The van der Waals surface area contributed by atoms with E-state index in [9.17, 15) is 9.90 Å². The van der Waals surface area contributed by atoms with E-state index in [4.69, 9.17) is 4.42 Å². The molecule has 4 heteroatoms. The zero-order valence-corrected chi connectivity index (χ0v) is 12.0. The molecular formula is C16H21NO3. The highest BCUT2D eigenvalue weighted by atomic mass is 16.4. The molecule has 1 aromatic carbocycles. The molecular weight excluding hydrogens is 254 g/mol. The Morgan fingerprint density at radius 3 is 2.85 bits per heavy atom. The summed E-state index contributed by atoms with van der Waals surface area (Å²) in [5.41, 5.74) is 2.23. The zero-order chi connectivity index (χ0) is 14.3. The van der Waals surface area contributed by atoms with Gasteiger partial charge in [0.1, 0.15) is 0 Å². The molecule has 2 atom stereocenters. The van der Waals surface area contributed by atoms with Crippen LogP contribution in [0.5, 0.6) is 0 Å². The van der Waals surface area contributed by atoms with Gasteiger partial charge in [-0.1, -0.05) is 19.9 Å². The van der Waals surface area contributed by atoms with Gasteiger partial charge in [-0.05, 0) is 48.8 Å². The number of nitrogens with zero attached hydrogens (tertiary/aromatic N) is 1. The van der Waals surface area contributed by atoms with Crippen LogP contribution >= 0.6 is 0 Å². The van der Waals surface area contributed by atoms with Crippen LogP contribution in [0.1, 0.15) is 44.8 Å². The fourth-order valence-electron chi connectivity index (χ4n) is 2.89. The van der Waals surface area contributed by atoms with Gasteiger partial charge in [0.05, 0.1) is 11.6 Å². The van der Waals surface area contributed by atoms with Gasteiger partial charge in [-0.15, -0.1) is 0 Å². The third-order valence-corrected chi connectivity index (χ3v) is 4.34. The smallest absolute Gasteiger partial charge is 0.408 e. The van der Waals surface area contributed by atoms with E-state index in [1.54, 1.807) is 4.57 Å². The fraction of sp³-hybridized carbons (Fsp3) is 0.562. The summed E-state index contributed by atoms with van der Waals surface area (Å²) in [5.74, 6) is 0.582. The van der Waals surface area contributed by atoms with Crippen molar-refractivity contribution < 1.29 is 9.52 Å². The molecule has 0 spiro atoms. The first-order valence-electron chi connectivity index (χ1n) is 7.43. The lowest BCUT2D eigenvalue weighted by Crippen LogP contribution is -2.13. The molecule has 1 heterocycles. The van der Waals surface area contributed by atoms with Gasteiger partial charge >= 0.3 is 5.76 Å². The highest BCUT2D eigenvalue weighted by Crippen LogP contribution is 2.42. The summed E-state index contributed by atoms with van der Waals surface area (Å²) in [6.45, 7) is 4.78. The molecule has 1 saturated carbocycles. The summed E-state index contributed by atoms with van der Waals surface area (Å²) in [6.07, 6.45) is 2.83. The highest BCUT2D eigenvalue weighted by Gasteiger charge is 2.33. The molecule has 108 valence electrons. The monoisotopic (exact) mass is 275 g/mol. The van der Waals surface area contributed by atoms with E-state index in [0.29, 0.717) is 18.0 Å². The molecule has 20 heavy (non-hydrogen) atoms. The molecule has 0 amide bonds. The van der Waals surface area contributed by atoms with Gasteiger partial charge in [0, 0.05) is 6.54 Å². The molecule has 2 aromatic rings. The normalized spacial score (nSPS) is 18.4. The van der Waals surface area contributed by atoms with Crippen molar-refractivity contribution in [2.45, 2.75) is 45.8 Å². The fourth-order valence-corrected chi connectivity index (χ4v) is 2.89. The number of rotatable bonds is 5. The lowest BCUT2D eigenvalue weighted by Gasteiger charge is -2.18. The van der Waals surface area contributed by atoms with E-state index in [0.717, 1.165) is 17.5 Å². The number of hydrogen-bond acceptors (Lipinski definition) is 3. The molecule has 0 aliphatic heterocycles. The SMILES string of the molecule is CCCn1c(=O)oc2cc(C(O)C(C)C3CC3)ccc21. The maximum absolute atomic E-state index is 11.8. The third-order valence-electron chi connectivity index (χ3n) is 4.34. The number of hydrogen-bond donors (Lipinski definition) is 1. The van der Waals surface area contributed by atoms with Crippen molar-refractivity contribution in [2.75, 3.05) is 0 Å². The molecule has 0 bridgehead atoms. The Labute approximate surface area is 118 Å². The number of oxazole rings is 1. The summed E-state index contributed by atoms with van der Waals surface area (Å²) < 4.78 is 6.94. The second-order valence-electron chi connectivity index (χ2n) is 5.89. The number of fused-ring (bicyclic) bond motifs is 1. The van der Waals surface area contributed by atoms with E-state index < -0.39 is 6.10 Å². The average Bonchev–Trinajstić information content (AvgIpc) is 3.24. The standard InChI is InChI=1S/C16H21NO3/c1-3-8-17-13-7-6-12(9-14(13)20-16(17)19)15(18)10(2)11-4-5-11/h6-7,9-11,15,18H,3-5,8H2,1-2H3. The summed E-state index contributed by atoms with van der Waals surface area (Å²) in [6, 6.07) is 5.60. The third kappa shape index (κ3) is 2.29. The van der Waals surface area contributed by atoms with Gasteiger partial charge in [0.25, 0.3) is 0 Å². The van der Waals surface area contributed by atoms with Crippen molar-refractivity contribution in [1.29, 1.82) is 0 Å². The first kappa shape index (κ1) is 13.4. The van der Waals surface area contributed by atoms with Gasteiger partial charge < -0.3 is 9.52 Å². The molecule has 1 fully saturated rings. The molecule has 1 N–H and O–H groups in total. The topological polar surface area (TPSA) is 55.4 Å². The lowest BCUT2D eigenvalue weighted by atomic mass is 9.93. The number of aromatic nitrogens is 1. The average molecular weight is 275 g/mol. The largest absolute Gasteiger partial charge is 0.419 e. The van der Waals surface area contributed by atoms with Crippen LogP contribution in [0.25, 0.3) is 11.1 Å². The van der Waals surface area contributed by atoms with Crippen LogP contribution in [-0.2, 0) is 6.54 Å². The van der Waals surface area contributed by atoms with Crippen molar-refractivity contribution >= 4 is 11.1 Å². The predicted molar refractivity (Wildman–Crippen MR) is 77.6 cm³/mol. The van der Waals surface area contributed by atoms with Gasteiger partial charge in [-0.2, -0.15) is 0 Å². The van der Waals surface area contributed by atoms with Crippen LogP contribution in [0, 0.1) is 11.8 Å². The molecule has 1 aliphatic rings. The second-order valence-corrected chi connectivity index (χ2v) is 5.89. The minimum absolute atomic E-state index is 0.261. The maximum Gasteiger partial charge on any atom is 0.419 e. The van der Waals surface area contributed by atoms with Gasteiger partial charge in [-0.3, -0.25) is 4.57 Å². The van der Waals surface area contributed by atoms with Crippen molar-refractivity contribution in [1.82, 2.24) is 4.57 Å². The Morgan fingerprint density at radius 1 is 1.45 bits per heavy atom. The number of benzene rings is 1. The first-order chi connectivity index (χ1) is 9.61. The molecule has 2 unspecified atom stereocenters. The minimum atomic E-state index is -0.480. The maximum atomic E-state index is 11.8. The Balaban J connectivity index is 1.96. The molecule has 1 aliphatic carbocycles. The van der Waals surface area contributed by atoms with E-state index >= 15 is 0 Å². The summed E-state index contributed by atoms with van der Waals surface area (Å²) in [5, 5.41) is 10.4. The van der Waals surface area contributed by atoms with Crippen molar-refractivity contribution in [3.05, 3.63) is 34.3 Å². The Bertz CT molecular complexity index is 666. The molecule has 3 rings (SSSR count). The van der Waals surface area contributed by atoms with E-state index in [1.165, 1.54) is 12.8 Å². The Morgan fingerprint density at radius 2 is 2.20 bits per heavy atom. The molecule has 4 nitrogen and oxygen atoms in total. The summed E-state index contributed by atoms with van der Waals surface area (Å²) in [4.78, 5) is 11.8. The van der Waals surface area contributed by atoms with E-state index in [-0.39, 0.29) is 11.7 Å². The van der Waals surface area contributed by atoms with Crippen LogP contribution in [0.2, 0.25) is 0 Å². The van der Waals surface area contributed by atoms with E-state index in [1.807, 2.05) is 25.1 Å². The van der Waals surface area contributed by atoms with Crippen LogP contribution in [0.4, 0.5) is 0 Å². The van der Waals surface area contributed by atoms with Gasteiger partial charge in [-0.25, -0.2) is 4.79 Å². The van der Waals surface area contributed by atoms with Crippen LogP contribution < -0.4 is 5.76 Å². The minimum Gasteiger partial charge on any atom is -0.408 e. The predicted octanol–water partition coefficient (Wildman–Crippen LogP) is 3.08. The zero-order valence-electron chi connectivity index (χ0n) is 12.0. The quantitative estimate of drug-likeness (QED) is 0.912. The number of aryl methyl sites for hydroxylation is 1. The van der Waals surface area contributed by atoms with Gasteiger partial charge in [0.15, 0.2) is 5.58 Å². The first-order valence-corrected chi connectivity index (χ1v) is 7.43. The Kier molecular flexibility index (Phi) is 3.42. The van der Waals surface area contributed by atoms with Crippen molar-refractivity contribution in [2.24, 2.45) is 11.8 Å². The highest BCUT2D eigenvalue weighted by molar-refractivity contribution is 5.73. The molecule has 0 radical (unpaired) electrons. The Hall–Kier alpha value is -1.55. The van der Waals surface area contributed by atoms with Crippen molar-refractivity contribution in [3.63, 3.8) is 0 Å². The molecule has 1 aromatic heterocycles. The molecule has 0 saturated heterocycles. The van der Waals surface area contributed by atoms with Crippen LogP contribution in [0.15, 0.2) is 27.4 Å². The number of aliphatic hydroxyl groups excluding tert-OH is 1. The van der Waals surface area contributed by atoms with Gasteiger partial charge in [0.2, 0.25) is 0 Å². The lowest BCUT2D eigenvalue weighted by molar-refractivity contribution is 0.106. The summed E-state index contributed by atoms with van der Waals surface area (Å²) >= 11 is 0. The van der Waals surface area contributed by atoms with E-state index in [2.05, 4.69) is 6.92 Å². The van der Waals surface area contributed by atoms with Crippen LogP contribution in [0.3, 0.4) is 0 Å². The number of aliphatic hydroxyl groups is 1.